The van der Waals surface area contributed by atoms with Gasteiger partial charge in [0.1, 0.15) is 0 Å². The second-order valence-corrected chi connectivity index (χ2v) is 11.9. The minimum atomic E-state index is -3.70. The topological polar surface area (TPSA) is 57.7 Å². The van der Waals surface area contributed by atoms with Gasteiger partial charge in [-0.3, -0.25) is 4.79 Å². The van der Waals surface area contributed by atoms with Gasteiger partial charge in [-0.05, 0) is 80.3 Å². The number of piperazine rings is 1. The molecule has 3 aromatic rings. The van der Waals surface area contributed by atoms with Crippen molar-refractivity contribution in [3.63, 3.8) is 0 Å². The molecule has 7 heteroatoms. The molecule has 4 rings (SSSR count). The van der Waals surface area contributed by atoms with Crippen LogP contribution in [0.1, 0.15) is 32.6 Å². The van der Waals surface area contributed by atoms with Gasteiger partial charge in [0.25, 0.3) is 5.91 Å². The highest BCUT2D eigenvalue weighted by molar-refractivity contribution is 8.00. The summed E-state index contributed by atoms with van der Waals surface area (Å²) in [5.74, 6) is -0.0447. The Morgan fingerprint density at radius 1 is 0.794 bits per heavy atom. The van der Waals surface area contributed by atoms with Gasteiger partial charge in [-0.2, -0.15) is 4.31 Å². The van der Waals surface area contributed by atoms with Crippen LogP contribution in [0.5, 0.6) is 0 Å². The zero-order chi connectivity index (χ0) is 24.5. The molecule has 1 amide bonds. The molecule has 0 spiro atoms. The van der Waals surface area contributed by atoms with Crippen LogP contribution < -0.4 is 0 Å². The fraction of sp³-hybridized carbons (Fsp3) is 0.296. The molecule has 0 bridgehead atoms. The Kier molecular flexibility index (Phi) is 7.17. The molecule has 1 fully saturated rings. The molecule has 0 N–H and O–H groups in total. The molecule has 1 aliphatic heterocycles. The molecule has 1 aliphatic rings. The highest BCUT2D eigenvalue weighted by Crippen LogP contribution is 2.36. The lowest BCUT2D eigenvalue weighted by Gasteiger charge is -2.34. The molecule has 0 aromatic heterocycles. The summed E-state index contributed by atoms with van der Waals surface area (Å²) in [5, 5.41) is 0. The molecule has 0 radical (unpaired) electrons. The van der Waals surface area contributed by atoms with Crippen LogP contribution in [-0.4, -0.2) is 49.7 Å². The van der Waals surface area contributed by atoms with Crippen molar-refractivity contribution in [1.82, 2.24) is 9.21 Å². The van der Waals surface area contributed by atoms with Crippen LogP contribution in [0, 0.1) is 27.7 Å². The van der Waals surface area contributed by atoms with E-state index < -0.39 is 10.0 Å². The lowest BCUT2D eigenvalue weighted by Crippen LogP contribution is -2.50. The van der Waals surface area contributed by atoms with Crippen molar-refractivity contribution in [3.05, 3.63) is 88.5 Å². The predicted molar refractivity (Wildman–Crippen MR) is 137 cm³/mol. The molecule has 0 atom stereocenters. The first-order chi connectivity index (χ1) is 16.1. The predicted octanol–water partition coefficient (Wildman–Crippen LogP) is 5.22. The Bertz CT molecular complexity index is 1310. The van der Waals surface area contributed by atoms with E-state index in [2.05, 4.69) is 18.2 Å². The zero-order valence-electron chi connectivity index (χ0n) is 20.0. The first kappa shape index (κ1) is 24.5. The third-order valence-corrected chi connectivity index (χ3v) is 9.16. The van der Waals surface area contributed by atoms with Gasteiger partial charge in [-0.25, -0.2) is 8.42 Å². The minimum Gasteiger partial charge on any atom is -0.336 e. The summed E-state index contributed by atoms with van der Waals surface area (Å²) in [5.41, 5.74) is 4.79. The second-order valence-electron chi connectivity index (χ2n) is 8.89. The van der Waals surface area contributed by atoms with E-state index in [1.165, 1.54) is 16.1 Å². The van der Waals surface area contributed by atoms with Gasteiger partial charge in [0.05, 0.1) is 4.90 Å². The lowest BCUT2D eigenvalue weighted by atomic mass is 10.1. The van der Waals surface area contributed by atoms with Crippen molar-refractivity contribution in [2.45, 2.75) is 42.4 Å². The average Bonchev–Trinajstić information content (AvgIpc) is 2.79. The molecular formula is C27H30N2O3S2. The molecule has 3 aromatic carbocycles. The average molecular weight is 495 g/mol. The van der Waals surface area contributed by atoms with E-state index in [4.69, 9.17) is 0 Å². The van der Waals surface area contributed by atoms with Crippen LogP contribution in [0.15, 0.2) is 75.4 Å². The van der Waals surface area contributed by atoms with E-state index in [-0.39, 0.29) is 19.0 Å². The quantitative estimate of drug-likeness (QED) is 0.488. The van der Waals surface area contributed by atoms with E-state index in [0.29, 0.717) is 28.4 Å². The number of sulfonamides is 1. The third-order valence-electron chi connectivity index (χ3n) is 6.04. The molecule has 0 aliphatic carbocycles. The smallest absolute Gasteiger partial charge is 0.254 e. The number of carbonyl (C=O) groups is 1. The SMILES string of the molecule is Cc1cc(C)cc(Sc2ccc(C)cc2S(=O)(=O)N2CCN(C(=O)c3ccccc3C)CC2)c1. The van der Waals surface area contributed by atoms with Crippen molar-refractivity contribution in [1.29, 1.82) is 0 Å². The number of hydrogen-bond acceptors (Lipinski definition) is 4. The molecule has 5 nitrogen and oxygen atoms in total. The highest BCUT2D eigenvalue weighted by Gasteiger charge is 2.32. The van der Waals surface area contributed by atoms with E-state index in [9.17, 15) is 13.2 Å². The second kappa shape index (κ2) is 9.94. The van der Waals surface area contributed by atoms with E-state index in [0.717, 1.165) is 27.1 Å². The fourth-order valence-electron chi connectivity index (χ4n) is 4.27. The van der Waals surface area contributed by atoms with Crippen LogP contribution in [0.25, 0.3) is 0 Å². The molecule has 1 heterocycles. The Morgan fingerprint density at radius 3 is 2.09 bits per heavy atom. The maximum absolute atomic E-state index is 13.7. The van der Waals surface area contributed by atoms with E-state index in [1.807, 2.05) is 64.1 Å². The largest absolute Gasteiger partial charge is 0.336 e. The van der Waals surface area contributed by atoms with Crippen molar-refractivity contribution < 1.29 is 13.2 Å². The molecule has 178 valence electrons. The Balaban J connectivity index is 1.55. The van der Waals surface area contributed by atoms with Gasteiger partial charge >= 0.3 is 0 Å². The van der Waals surface area contributed by atoms with Crippen LogP contribution in [0.3, 0.4) is 0 Å². The zero-order valence-corrected chi connectivity index (χ0v) is 21.7. The number of hydrogen-bond donors (Lipinski definition) is 0. The first-order valence-corrected chi connectivity index (χ1v) is 13.6. The summed E-state index contributed by atoms with van der Waals surface area (Å²) in [6, 6.07) is 19.4. The van der Waals surface area contributed by atoms with Gasteiger partial charge in [-0.15, -0.1) is 0 Å². The van der Waals surface area contributed by atoms with Gasteiger partial charge in [-0.1, -0.05) is 42.1 Å². The molecule has 0 saturated carbocycles. The van der Waals surface area contributed by atoms with Gasteiger partial charge in [0.2, 0.25) is 10.0 Å². The summed E-state index contributed by atoms with van der Waals surface area (Å²) in [7, 11) is -3.70. The monoisotopic (exact) mass is 494 g/mol. The standard InChI is InChI=1S/C27H30N2O3S2/c1-19-9-10-25(33-23-16-20(2)15-21(3)17-23)26(18-19)34(31,32)29-13-11-28(12-14-29)27(30)24-8-6-5-7-22(24)4/h5-10,15-18H,11-14H2,1-4H3. The number of carbonyl (C=O) groups excluding carboxylic acids is 1. The van der Waals surface area contributed by atoms with E-state index >= 15 is 0 Å². The first-order valence-electron chi connectivity index (χ1n) is 11.4. The third kappa shape index (κ3) is 5.22. The van der Waals surface area contributed by atoms with Gasteiger partial charge < -0.3 is 4.90 Å². The minimum absolute atomic E-state index is 0.0447. The van der Waals surface area contributed by atoms with E-state index in [1.54, 1.807) is 11.0 Å². The maximum Gasteiger partial charge on any atom is 0.254 e. The normalized spacial score (nSPS) is 14.9. The summed E-state index contributed by atoms with van der Waals surface area (Å²) >= 11 is 1.48. The van der Waals surface area contributed by atoms with Crippen molar-refractivity contribution in [3.8, 4) is 0 Å². The summed E-state index contributed by atoms with van der Waals surface area (Å²) in [6.07, 6.45) is 0. The fourth-order valence-corrected chi connectivity index (χ4v) is 7.33. The Morgan fingerprint density at radius 2 is 1.44 bits per heavy atom. The van der Waals surface area contributed by atoms with Gasteiger partial charge in [0.15, 0.2) is 0 Å². The number of rotatable bonds is 5. The van der Waals surface area contributed by atoms with Crippen LogP contribution in [0.4, 0.5) is 0 Å². The summed E-state index contributed by atoms with van der Waals surface area (Å²) in [6.45, 7) is 9.21. The van der Waals surface area contributed by atoms with Crippen LogP contribution >= 0.6 is 11.8 Å². The Labute approximate surface area is 206 Å². The molecule has 1 saturated heterocycles. The van der Waals surface area contributed by atoms with Crippen LogP contribution in [-0.2, 0) is 10.0 Å². The number of amides is 1. The van der Waals surface area contributed by atoms with Gasteiger partial charge in [0, 0.05) is 41.5 Å². The number of benzene rings is 3. The number of nitrogens with zero attached hydrogens (tertiary/aromatic N) is 2. The summed E-state index contributed by atoms with van der Waals surface area (Å²) < 4.78 is 28.9. The number of aryl methyl sites for hydroxylation is 4. The van der Waals surface area contributed by atoms with Crippen molar-refractivity contribution >= 4 is 27.7 Å². The summed E-state index contributed by atoms with van der Waals surface area (Å²) in [4.78, 5) is 16.8. The van der Waals surface area contributed by atoms with Crippen LogP contribution in [0.2, 0.25) is 0 Å². The maximum atomic E-state index is 13.7. The van der Waals surface area contributed by atoms with Crippen molar-refractivity contribution in [2.24, 2.45) is 0 Å². The molecular weight excluding hydrogens is 464 g/mol. The molecule has 0 unspecified atom stereocenters. The molecule has 34 heavy (non-hydrogen) atoms. The Hall–Kier alpha value is -2.61. The van der Waals surface area contributed by atoms with Crippen molar-refractivity contribution in [2.75, 3.05) is 26.2 Å². The highest BCUT2D eigenvalue weighted by atomic mass is 32.2. The lowest BCUT2D eigenvalue weighted by molar-refractivity contribution is 0.0697.